The zero-order valence-electron chi connectivity index (χ0n) is 19.5. The van der Waals surface area contributed by atoms with Crippen molar-refractivity contribution >= 4 is 33.3 Å². The Hall–Kier alpha value is -3.85. The number of hydrogen-bond acceptors (Lipinski definition) is 4. The molecule has 0 atom stereocenters. The summed E-state index contributed by atoms with van der Waals surface area (Å²) in [6.07, 6.45) is 2.04. The summed E-state index contributed by atoms with van der Waals surface area (Å²) < 4.78 is 28.1. The van der Waals surface area contributed by atoms with E-state index in [1.54, 1.807) is 35.2 Å². The molecule has 9 heteroatoms. The molecule has 4 rings (SSSR count). The number of sulfonamides is 1. The Labute approximate surface area is 205 Å². The van der Waals surface area contributed by atoms with Crippen LogP contribution in [0.4, 0.5) is 16.2 Å². The largest absolute Gasteiger partial charge is 0.348 e. The van der Waals surface area contributed by atoms with Crippen LogP contribution in [-0.2, 0) is 16.6 Å². The third kappa shape index (κ3) is 6.39. The Kier molecular flexibility index (Phi) is 7.36. The Bertz CT molecular complexity index is 1320. The first kappa shape index (κ1) is 24.3. The lowest BCUT2D eigenvalue weighted by Crippen LogP contribution is -2.32. The maximum Gasteiger partial charge on any atom is 0.321 e. The van der Waals surface area contributed by atoms with E-state index in [0.29, 0.717) is 11.4 Å². The molecule has 1 aliphatic rings. The topological polar surface area (TPSA) is 108 Å². The number of amides is 3. The smallest absolute Gasteiger partial charge is 0.321 e. The maximum atomic E-state index is 12.8. The van der Waals surface area contributed by atoms with Crippen LogP contribution in [0.5, 0.6) is 0 Å². The lowest BCUT2D eigenvalue weighted by molar-refractivity contribution is 0.0950. The van der Waals surface area contributed by atoms with Crippen LogP contribution in [0.2, 0.25) is 0 Å². The lowest BCUT2D eigenvalue weighted by Gasteiger charge is -2.16. The van der Waals surface area contributed by atoms with E-state index in [2.05, 4.69) is 15.4 Å². The van der Waals surface area contributed by atoms with Crippen LogP contribution in [-0.4, -0.2) is 38.3 Å². The SMILES string of the molecule is Cc1ccc(NS(=O)(=O)c2cccc(C(=O)NCc3cccc(NC(=O)N4CCCC4)c3)c2)cc1. The standard InChI is InChI=1S/C26H28N4O4S/c1-19-10-12-22(13-11-19)29-35(33,34)24-9-5-7-21(17-24)25(31)27-18-20-6-4-8-23(16-20)28-26(32)30-14-2-3-15-30/h4-13,16-17,29H,2-3,14-15,18H2,1H3,(H,27,31)(H,28,32). The van der Waals surface area contributed by atoms with Crippen molar-refractivity contribution in [2.45, 2.75) is 31.2 Å². The van der Waals surface area contributed by atoms with Crippen molar-refractivity contribution in [2.24, 2.45) is 0 Å². The second-order valence-electron chi connectivity index (χ2n) is 8.51. The van der Waals surface area contributed by atoms with E-state index >= 15 is 0 Å². The number of carbonyl (C=O) groups is 2. The van der Waals surface area contributed by atoms with Gasteiger partial charge < -0.3 is 15.5 Å². The second-order valence-corrected chi connectivity index (χ2v) is 10.2. The summed E-state index contributed by atoms with van der Waals surface area (Å²) in [7, 11) is -3.85. The molecule has 3 amide bonds. The molecule has 0 radical (unpaired) electrons. The van der Waals surface area contributed by atoms with Crippen molar-refractivity contribution < 1.29 is 18.0 Å². The Morgan fingerprint density at radius 3 is 2.34 bits per heavy atom. The summed E-state index contributed by atoms with van der Waals surface area (Å²) in [5.74, 6) is -0.399. The van der Waals surface area contributed by atoms with Gasteiger partial charge in [0.2, 0.25) is 0 Å². The molecule has 1 fully saturated rings. The van der Waals surface area contributed by atoms with E-state index in [0.717, 1.165) is 37.1 Å². The molecule has 3 aromatic rings. The fraction of sp³-hybridized carbons (Fsp3) is 0.231. The summed E-state index contributed by atoms with van der Waals surface area (Å²) >= 11 is 0. The van der Waals surface area contributed by atoms with Crippen molar-refractivity contribution in [3.63, 3.8) is 0 Å². The van der Waals surface area contributed by atoms with Crippen molar-refractivity contribution in [3.8, 4) is 0 Å². The van der Waals surface area contributed by atoms with Crippen LogP contribution in [0.15, 0.2) is 77.7 Å². The van der Waals surface area contributed by atoms with Crippen molar-refractivity contribution in [1.82, 2.24) is 10.2 Å². The lowest BCUT2D eigenvalue weighted by atomic mass is 10.1. The average molecular weight is 493 g/mol. The van der Waals surface area contributed by atoms with Gasteiger partial charge in [0.1, 0.15) is 0 Å². The highest BCUT2D eigenvalue weighted by molar-refractivity contribution is 7.92. The van der Waals surface area contributed by atoms with Crippen LogP contribution in [0.25, 0.3) is 0 Å². The molecule has 182 valence electrons. The minimum Gasteiger partial charge on any atom is -0.348 e. The number of anilines is 2. The molecule has 1 aliphatic heterocycles. The number of hydrogen-bond donors (Lipinski definition) is 3. The van der Waals surface area contributed by atoms with Crippen molar-refractivity contribution in [1.29, 1.82) is 0 Å². The van der Waals surface area contributed by atoms with E-state index in [-0.39, 0.29) is 23.0 Å². The zero-order valence-corrected chi connectivity index (χ0v) is 20.3. The van der Waals surface area contributed by atoms with Crippen molar-refractivity contribution in [3.05, 3.63) is 89.5 Å². The number of aryl methyl sites for hydroxylation is 1. The summed E-state index contributed by atoms with van der Waals surface area (Å²) in [4.78, 5) is 26.8. The van der Waals surface area contributed by atoms with Crippen LogP contribution in [0.1, 0.15) is 34.3 Å². The molecule has 0 bridgehead atoms. The van der Waals surface area contributed by atoms with Crippen LogP contribution < -0.4 is 15.4 Å². The minimum absolute atomic E-state index is 0.00246. The van der Waals surface area contributed by atoms with E-state index in [1.165, 1.54) is 18.2 Å². The van der Waals surface area contributed by atoms with Gasteiger partial charge in [-0.05, 0) is 67.8 Å². The first-order valence-electron chi connectivity index (χ1n) is 11.4. The number of likely N-dealkylation sites (tertiary alicyclic amines) is 1. The van der Waals surface area contributed by atoms with E-state index in [1.807, 2.05) is 31.2 Å². The molecule has 0 aliphatic carbocycles. The molecular formula is C26H28N4O4S. The van der Waals surface area contributed by atoms with Gasteiger partial charge in [-0.1, -0.05) is 35.9 Å². The van der Waals surface area contributed by atoms with E-state index in [9.17, 15) is 18.0 Å². The summed E-state index contributed by atoms with van der Waals surface area (Å²) in [6.45, 7) is 3.67. The number of nitrogens with one attached hydrogen (secondary N) is 3. The normalized spacial score (nSPS) is 13.3. The van der Waals surface area contributed by atoms with Crippen LogP contribution in [0.3, 0.4) is 0 Å². The zero-order chi connectivity index (χ0) is 24.8. The van der Waals surface area contributed by atoms with Gasteiger partial charge in [-0.2, -0.15) is 0 Å². The highest BCUT2D eigenvalue weighted by Gasteiger charge is 2.18. The predicted molar refractivity (Wildman–Crippen MR) is 136 cm³/mol. The van der Waals surface area contributed by atoms with Crippen LogP contribution in [0, 0.1) is 6.92 Å². The molecule has 3 N–H and O–H groups in total. The second kappa shape index (κ2) is 10.6. The molecule has 3 aromatic carbocycles. The predicted octanol–water partition coefficient (Wildman–Crippen LogP) is 4.35. The summed E-state index contributed by atoms with van der Waals surface area (Å²) in [6, 6.07) is 20.0. The first-order chi connectivity index (χ1) is 16.8. The van der Waals surface area contributed by atoms with Gasteiger partial charge in [0.15, 0.2) is 0 Å². The third-order valence-electron chi connectivity index (χ3n) is 5.73. The summed E-state index contributed by atoms with van der Waals surface area (Å²) in [5, 5.41) is 5.70. The van der Waals surface area contributed by atoms with Gasteiger partial charge >= 0.3 is 6.03 Å². The fourth-order valence-electron chi connectivity index (χ4n) is 3.81. The molecule has 1 saturated heterocycles. The Balaban J connectivity index is 1.38. The van der Waals surface area contributed by atoms with Gasteiger partial charge in [-0.25, -0.2) is 13.2 Å². The Morgan fingerprint density at radius 2 is 1.60 bits per heavy atom. The monoisotopic (exact) mass is 492 g/mol. The number of nitrogens with zero attached hydrogens (tertiary/aromatic N) is 1. The Morgan fingerprint density at radius 1 is 0.886 bits per heavy atom. The number of rotatable bonds is 7. The minimum atomic E-state index is -3.85. The quantitative estimate of drug-likeness (QED) is 0.456. The molecule has 1 heterocycles. The van der Waals surface area contributed by atoms with E-state index < -0.39 is 15.9 Å². The summed E-state index contributed by atoms with van der Waals surface area (Å²) in [5.41, 5.74) is 3.16. The first-order valence-corrected chi connectivity index (χ1v) is 12.9. The maximum absolute atomic E-state index is 12.8. The van der Waals surface area contributed by atoms with Crippen LogP contribution >= 0.6 is 0 Å². The number of urea groups is 1. The average Bonchev–Trinajstić information content (AvgIpc) is 3.40. The molecule has 0 aromatic heterocycles. The van der Waals surface area contributed by atoms with Gasteiger partial charge in [0.25, 0.3) is 15.9 Å². The molecule has 8 nitrogen and oxygen atoms in total. The van der Waals surface area contributed by atoms with E-state index in [4.69, 9.17) is 0 Å². The third-order valence-corrected chi connectivity index (χ3v) is 7.11. The highest BCUT2D eigenvalue weighted by Crippen LogP contribution is 2.18. The van der Waals surface area contributed by atoms with Crippen molar-refractivity contribution in [2.75, 3.05) is 23.1 Å². The molecular weight excluding hydrogens is 464 g/mol. The van der Waals surface area contributed by atoms with Gasteiger partial charge in [0, 0.05) is 36.6 Å². The van der Waals surface area contributed by atoms with Gasteiger partial charge in [0.05, 0.1) is 4.90 Å². The number of carbonyl (C=O) groups excluding carboxylic acids is 2. The van der Waals surface area contributed by atoms with Gasteiger partial charge in [-0.15, -0.1) is 0 Å². The molecule has 0 unspecified atom stereocenters. The molecule has 35 heavy (non-hydrogen) atoms. The fourth-order valence-corrected chi connectivity index (χ4v) is 4.91. The number of benzene rings is 3. The molecule has 0 saturated carbocycles. The molecule has 0 spiro atoms. The van der Waals surface area contributed by atoms with Gasteiger partial charge in [-0.3, -0.25) is 9.52 Å². The highest BCUT2D eigenvalue weighted by atomic mass is 32.2.